The van der Waals surface area contributed by atoms with Crippen LogP contribution in [0.25, 0.3) is 0 Å². The lowest BCUT2D eigenvalue weighted by molar-refractivity contribution is -0.144. The Hall–Kier alpha value is -1.68. The summed E-state index contributed by atoms with van der Waals surface area (Å²) in [5.41, 5.74) is -0.530. The van der Waals surface area contributed by atoms with Crippen LogP contribution in [0.3, 0.4) is 0 Å². The van der Waals surface area contributed by atoms with E-state index in [1.54, 1.807) is 31.2 Å². The molecule has 1 aromatic rings. The SMILES string of the molecule is CCC(O)(CC(=O)CC(=O)OC)c1ccccc1. The zero-order valence-corrected chi connectivity index (χ0v) is 10.7. The summed E-state index contributed by atoms with van der Waals surface area (Å²) in [6.07, 6.45) is 0.0260. The molecule has 0 saturated heterocycles. The molecule has 1 atom stereocenters. The maximum atomic E-state index is 11.7. The van der Waals surface area contributed by atoms with E-state index in [0.717, 1.165) is 0 Å². The molecule has 0 spiro atoms. The van der Waals surface area contributed by atoms with Crippen LogP contribution >= 0.6 is 0 Å². The Balaban J connectivity index is 2.78. The van der Waals surface area contributed by atoms with E-state index in [1.807, 2.05) is 6.07 Å². The molecule has 0 bridgehead atoms. The summed E-state index contributed by atoms with van der Waals surface area (Å²) in [5.74, 6) is -0.901. The van der Waals surface area contributed by atoms with Crippen molar-refractivity contribution in [2.24, 2.45) is 0 Å². The van der Waals surface area contributed by atoms with Gasteiger partial charge >= 0.3 is 5.97 Å². The molecule has 18 heavy (non-hydrogen) atoms. The monoisotopic (exact) mass is 250 g/mol. The number of hydrogen-bond donors (Lipinski definition) is 1. The van der Waals surface area contributed by atoms with Gasteiger partial charge in [0, 0.05) is 6.42 Å². The molecule has 0 aliphatic rings. The highest BCUT2D eigenvalue weighted by Gasteiger charge is 2.30. The van der Waals surface area contributed by atoms with Crippen molar-refractivity contribution < 1.29 is 19.4 Å². The first kappa shape index (κ1) is 14.4. The maximum Gasteiger partial charge on any atom is 0.313 e. The highest BCUT2D eigenvalue weighted by molar-refractivity contribution is 5.95. The molecule has 0 aliphatic heterocycles. The van der Waals surface area contributed by atoms with E-state index >= 15 is 0 Å². The van der Waals surface area contributed by atoms with Gasteiger partial charge in [-0.2, -0.15) is 0 Å². The van der Waals surface area contributed by atoms with E-state index in [4.69, 9.17) is 0 Å². The lowest BCUT2D eigenvalue weighted by Gasteiger charge is -2.26. The first-order valence-electron chi connectivity index (χ1n) is 5.88. The quantitative estimate of drug-likeness (QED) is 0.617. The molecule has 0 fully saturated rings. The zero-order valence-electron chi connectivity index (χ0n) is 10.7. The fraction of sp³-hybridized carbons (Fsp3) is 0.429. The second-order valence-electron chi connectivity index (χ2n) is 4.22. The lowest BCUT2D eigenvalue weighted by atomic mass is 9.86. The fourth-order valence-electron chi connectivity index (χ4n) is 1.80. The third kappa shape index (κ3) is 3.67. The Morgan fingerprint density at radius 2 is 1.89 bits per heavy atom. The summed E-state index contributed by atoms with van der Waals surface area (Å²) < 4.78 is 4.43. The third-order valence-electron chi connectivity index (χ3n) is 2.95. The highest BCUT2D eigenvalue weighted by Crippen LogP contribution is 2.29. The largest absolute Gasteiger partial charge is 0.469 e. The molecule has 0 saturated carbocycles. The Morgan fingerprint density at radius 1 is 1.28 bits per heavy atom. The minimum atomic E-state index is -1.22. The number of hydrogen-bond acceptors (Lipinski definition) is 4. The van der Waals surface area contributed by atoms with Gasteiger partial charge in [0.2, 0.25) is 0 Å². The number of Topliss-reactive ketones (excluding diaryl/α,β-unsaturated/α-hetero) is 1. The Kier molecular flexibility index (Phi) is 5.04. The first-order valence-corrected chi connectivity index (χ1v) is 5.88. The van der Waals surface area contributed by atoms with Crippen LogP contribution in [0.15, 0.2) is 30.3 Å². The smallest absolute Gasteiger partial charge is 0.313 e. The Labute approximate surface area is 107 Å². The van der Waals surface area contributed by atoms with Crippen molar-refractivity contribution in [1.82, 2.24) is 0 Å². The van der Waals surface area contributed by atoms with Crippen molar-refractivity contribution in [2.75, 3.05) is 7.11 Å². The average Bonchev–Trinajstić information content (AvgIpc) is 2.39. The Bertz CT molecular complexity index is 413. The molecule has 4 heteroatoms. The second kappa shape index (κ2) is 6.31. The van der Waals surface area contributed by atoms with Gasteiger partial charge in [0.05, 0.1) is 12.7 Å². The summed E-state index contributed by atoms with van der Waals surface area (Å²) in [7, 11) is 1.23. The fourth-order valence-corrected chi connectivity index (χ4v) is 1.80. The van der Waals surface area contributed by atoms with Crippen LogP contribution < -0.4 is 0 Å². The molecule has 0 amide bonds. The van der Waals surface area contributed by atoms with Crippen LogP contribution in [0, 0.1) is 0 Å². The number of benzene rings is 1. The Morgan fingerprint density at radius 3 is 2.39 bits per heavy atom. The van der Waals surface area contributed by atoms with Crippen LogP contribution in [0.4, 0.5) is 0 Å². The van der Waals surface area contributed by atoms with Gasteiger partial charge in [0.1, 0.15) is 12.2 Å². The number of aliphatic hydroxyl groups is 1. The molecule has 1 rings (SSSR count). The van der Waals surface area contributed by atoms with Gasteiger partial charge in [0.15, 0.2) is 0 Å². The summed E-state index contributed by atoms with van der Waals surface area (Å²) in [6.45, 7) is 1.80. The molecule has 4 nitrogen and oxygen atoms in total. The third-order valence-corrected chi connectivity index (χ3v) is 2.95. The number of methoxy groups -OCH3 is 1. The van der Waals surface area contributed by atoms with Crippen LogP contribution in [-0.2, 0) is 19.9 Å². The van der Waals surface area contributed by atoms with Crippen molar-refractivity contribution >= 4 is 11.8 Å². The summed E-state index contributed by atoms with van der Waals surface area (Å²) in [4.78, 5) is 22.7. The molecule has 0 radical (unpaired) electrons. The predicted molar refractivity (Wildman–Crippen MR) is 66.9 cm³/mol. The standard InChI is InChI=1S/C14H18O4/c1-3-14(17,11-7-5-4-6-8-11)10-12(15)9-13(16)18-2/h4-8,17H,3,9-10H2,1-2H3. The number of ketones is 1. The minimum absolute atomic E-state index is 0.0807. The number of esters is 1. The molecule has 0 aliphatic carbocycles. The van der Waals surface area contributed by atoms with Crippen molar-refractivity contribution in [3.8, 4) is 0 Å². The first-order chi connectivity index (χ1) is 8.51. The molecule has 1 unspecified atom stereocenters. The van der Waals surface area contributed by atoms with Crippen LogP contribution in [0.5, 0.6) is 0 Å². The molecule has 98 valence electrons. The van der Waals surface area contributed by atoms with Crippen molar-refractivity contribution in [3.05, 3.63) is 35.9 Å². The lowest BCUT2D eigenvalue weighted by Crippen LogP contribution is -2.29. The molecular weight excluding hydrogens is 232 g/mol. The van der Waals surface area contributed by atoms with Gasteiger partial charge in [-0.1, -0.05) is 37.3 Å². The number of carbonyl (C=O) groups excluding carboxylic acids is 2. The van der Waals surface area contributed by atoms with E-state index < -0.39 is 11.6 Å². The van der Waals surface area contributed by atoms with E-state index in [0.29, 0.717) is 12.0 Å². The van der Waals surface area contributed by atoms with Crippen LogP contribution in [-0.4, -0.2) is 24.0 Å². The van der Waals surface area contributed by atoms with E-state index in [1.165, 1.54) is 7.11 Å². The summed E-state index contributed by atoms with van der Waals surface area (Å²) in [6, 6.07) is 9.00. The average molecular weight is 250 g/mol. The number of rotatable bonds is 6. The van der Waals surface area contributed by atoms with E-state index in [9.17, 15) is 14.7 Å². The number of ether oxygens (including phenoxy) is 1. The van der Waals surface area contributed by atoms with Gasteiger partial charge in [-0.3, -0.25) is 9.59 Å². The summed E-state index contributed by atoms with van der Waals surface area (Å²) >= 11 is 0. The van der Waals surface area contributed by atoms with Gasteiger partial charge in [0.25, 0.3) is 0 Å². The second-order valence-corrected chi connectivity index (χ2v) is 4.22. The minimum Gasteiger partial charge on any atom is -0.469 e. The zero-order chi connectivity index (χ0) is 13.6. The number of carbonyl (C=O) groups is 2. The van der Waals surface area contributed by atoms with Crippen LogP contribution in [0.1, 0.15) is 31.7 Å². The van der Waals surface area contributed by atoms with Gasteiger partial charge < -0.3 is 9.84 Å². The molecule has 0 heterocycles. The van der Waals surface area contributed by atoms with Gasteiger partial charge in [-0.05, 0) is 12.0 Å². The molecule has 1 N–H and O–H groups in total. The maximum absolute atomic E-state index is 11.7. The van der Waals surface area contributed by atoms with E-state index in [-0.39, 0.29) is 18.6 Å². The van der Waals surface area contributed by atoms with Crippen molar-refractivity contribution in [1.29, 1.82) is 0 Å². The van der Waals surface area contributed by atoms with Crippen molar-refractivity contribution in [3.63, 3.8) is 0 Å². The molecular formula is C14H18O4. The molecule has 1 aromatic carbocycles. The topological polar surface area (TPSA) is 63.6 Å². The predicted octanol–water partition coefficient (Wildman–Crippen LogP) is 1.81. The van der Waals surface area contributed by atoms with Gasteiger partial charge in [-0.25, -0.2) is 0 Å². The summed E-state index contributed by atoms with van der Waals surface area (Å²) in [5, 5.41) is 10.5. The molecule has 0 aromatic heterocycles. The van der Waals surface area contributed by atoms with Crippen molar-refractivity contribution in [2.45, 2.75) is 31.8 Å². The van der Waals surface area contributed by atoms with Crippen LogP contribution in [0.2, 0.25) is 0 Å². The highest BCUT2D eigenvalue weighted by atomic mass is 16.5. The van der Waals surface area contributed by atoms with E-state index in [2.05, 4.69) is 4.74 Å². The van der Waals surface area contributed by atoms with Gasteiger partial charge in [-0.15, -0.1) is 0 Å². The normalized spacial score (nSPS) is 13.7.